The van der Waals surface area contributed by atoms with E-state index in [2.05, 4.69) is 83.0 Å². The molecule has 0 saturated carbocycles. The summed E-state index contributed by atoms with van der Waals surface area (Å²) in [5.41, 5.74) is 15.1. The van der Waals surface area contributed by atoms with Crippen molar-refractivity contribution >= 4 is 191 Å². The molecule has 3 fully saturated rings. The Bertz CT molecular complexity index is 5250. The fourth-order valence-corrected chi connectivity index (χ4v) is 21.1. The number of aromatic nitrogens is 10. The number of anilines is 3. The standard InChI is InChI=1S/C14H16Cl2FN4O13P3.C14H17Cl2N4O13P3.C13H16Cl2N5O12P3/c1-5(32-36(27,28)34-37(29,30)33-35(24,25)26)8-9(22)14(16,2-3-15)12(31-8)21-4-6(17)7-10(21)19-13(18)20-11(7)23;1-6(31-35(26,27)33-36(28,29)32-34(23,24)25)8-9(21)14(16,3-4-15)12(30-8)20-5-2-7-10(20)18-13(17)19-11(7)22;1-6(30-34(25,26)32-35(27,28)31-33(22,23)24)8-9(21)13(15,2-3-14)11(29-8)20-5-18-7-4-17-12(16)19-10(7)20/h4-5,8-9,12,22H,1H3,(H,27,28)(H,29,30)(H2,24,25,26)(H3,18,19,20,23);2,5-6,8-9,12,21H,1H3,(H,26,27)(H,28,29)(H2,23,24,25)(H3,17,18,19,22);4-6,8-9,11,21H,1H3,(H,25,26)(H,27,28)(H2,16,17,19)(H2,22,23,24)/t5-,8-,9+,12-,14?;6-,8-,9+,12-,14?;6-,8-,9+,11-,13?/m111/s1. The second-order valence-electron chi connectivity index (χ2n) is 21.4. The van der Waals surface area contributed by atoms with Crippen LogP contribution in [0, 0.1) is 39.7 Å². The van der Waals surface area contributed by atoms with E-state index in [-0.39, 0.29) is 34.1 Å². The van der Waals surface area contributed by atoms with Crippen molar-refractivity contribution in [2.24, 2.45) is 0 Å². The van der Waals surface area contributed by atoms with Gasteiger partial charge in [0.25, 0.3) is 11.1 Å². The molecule has 0 amide bonds. The van der Waals surface area contributed by atoms with Crippen molar-refractivity contribution in [1.29, 1.82) is 0 Å². The molecule has 0 bridgehead atoms. The summed E-state index contributed by atoms with van der Waals surface area (Å²) >= 11 is 36.0. The van der Waals surface area contributed by atoms with Crippen molar-refractivity contribution < 1.29 is 173 Å². The maximum atomic E-state index is 14.6. The molecular weight excluding hydrogens is 1790 g/mol. The molecule has 3 aliphatic rings. The molecule has 67 heteroatoms. The molecule has 9 unspecified atom stereocenters. The number of nitrogen functional groups attached to an aromatic ring is 3. The summed E-state index contributed by atoms with van der Waals surface area (Å²) in [6, 6.07) is 1.34. The first-order chi connectivity index (χ1) is 49.2. The minimum atomic E-state index is -5.84. The van der Waals surface area contributed by atoms with Gasteiger partial charge < -0.3 is 110 Å². The summed E-state index contributed by atoms with van der Waals surface area (Å²) in [5, 5.41) is 38.0. The molecule has 0 aliphatic carbocycles. The molecule has 6 aromatic rings. The number of nitrogens with one attached hydrogen (secondary N) is 2. The van der Waals surface area contributed by atoms with Gasteiger partial charge in [-0.25, -0.2) is 55.4 Å². The van der Waals surface area contributed by atoms with E-state index in [1.807, 2.05) is 16.1 Å². The average molecular weight is 1840 g/mol. The van der Waals surface area contributed by atoms with Crippen molar-refractivity contribution in [2.75, 3.05) is 17.2 Å². The molecule has 3 aliphatic heterocycles. The smallest absolute Gasteiger partial charge is 0.387 e. The van der Waals surface area contributed by atoms with Crippen molar-refractivity contribution in [3.8, 4) is 33.9 Å². The number of nitrogens with two attached hydrogens (primary N) is 3. The summed E-state index contributed by atoms with van der Waals surface area (Å²) in [7, 11) is -51.0. The van der Waals surface area contributed by atoms with Gasteiger partial charge in [0.1, 0.15) is 47.5 Å². The predicted octanol–water partition coefficient (Wildman–Crippen LogP) is 1.66. The van der Waals surface area contributed by atoms with Crippen LogP contribution in [0.2, 0.25) is 0 Å². The number of ether oxygens (including phenoxy) is 3. The van der Waals surface area contributed by atoms with Gasteiger partial charge in [-0.2, -0.15) is 40.8 Å². The molecule has 23 N–H and O–H groups in total. The summed E-state index contributed by atoms with van der Waals surface area (Å²) in [4.78, 5) is 151. The third kappa shape index (κ3) is 22.0. The zero-order valence-electron chi connectivity index (χ0n) is 52.4. The van der Waals surface area contributed by atoms with Crippen LogP contribution in [-0.4, -0.2) is 192 Å². The number of nitrogens with zero attached hydrogens (tertiary/aromatic N) is 8. The topological polar surface area (TPSA) is 791 Å². The number of alkyl halides is 3. The molecule has 600 valence electrons. The molecule has 6 aromatic heterocycles. The van der Waals surface area contributed by atoms with Crippen LogP contribution in [0.3, 0.4) is 0 Å². The van der Waals surface area contributed by atoms with E-state index in [1.165, 1.54) is 33.9 Å². The Kier molecular flexibility index (Phi) is 28.3. The van der Waals surface area contributed by atoms with Crippen LogP contribution < -0.4 is 28.3 Å². The zero-order valence-corrected chi connectivity index (χ0v) is 65.0. The first kappa shape index (κ1) is 91.3. The fraction of sp³-hybridized carbons (Fsp3) is 0.439. The summed E-state index contributed by atoms with van der Waals surface area (Å²) in [5.74, 6) is 5.06. The number of H-pyrrole nitrogens is 2. The van der Waals surface area contributed by atoms with Crippen molar-refractivity contribution in [1.82, 2.24) is 48.6 Å². The Hall–Kier alpha value is -3.87. The Morgan fingerprint density at radius 3 is 1.24 bits per heavy atom. The largest absolute Gasteiger partial charge is 0.490 e. The van der Waals surface area contributed by atoms with Crippen LogP contribution in [0.15, 0.2) is 40.6 Å². The van der Waals surface area contributed by atoms with Gasteiger partial charge in [0.2, 0.25) is 17.8 Å². The van der Waals surface area contributed by atoms with E-state index in [0.717, 1.165) is 31.5 Å². The monoisotopic (exact) mass is 1840 g/mol. The molecule has 0 aromatic carbocycles. The number of aromatic amines is 2. The van der Waals surface area contributed by atoms with Gasteiger partial charge in [-0.05, 0) is 61.6 Å². The van der Waals surface area contributed by atoms with Gasteiger partial charge in [-0.1, -0.05) is 52.6 Å². The number of imidazole rings is 1. The normalized spacial score (nSPS) is 28.7. The Balaban J connectivity index is 0.000000226. The minimum absolute atomic E-state index is 0.0314. The summed E-state index contributed by atoms with van der Waals surface area (Å²) in [6.07, 6.45) is -15.5. The van der Waals surface area contributed by atoms with Gasteiger partial charge in [0, 0.05) is 28.5 Å². The molecule has 9 rings (SSSR count). The van der Waals surface area contributed by atoms with E-state index in [9.17, 15) is 99.7 Å². The maximum Gasteiger partial charge on any atom is 0.490 e. The highest BCUT2D eigenvalue weighted by molar-refractivity contribution is 7.68. The van der Waals surface area contributed by atoms with Crippen molar-refractivity contribution in [3.63, 3.8) is 0 Å². The quantitative estimate of drug-likeness (QED) is 0.0233. The lowest BCUT2D eigenvalue weighted by Gasteiger charge is -2.26. The van der Waals surface area contributed by atoms with Crippen molar-refractivity contribution in [2.45, 2.75) is 109 Å². The molecule has 9 heterocycles. The van der Waals surface area contributed by atoms with E-state index in [4.69, 9.17) is 139 Å². The molecule has 3 saturated heterocycles. The van der Waals surface area contributed by atoms with Crippen LogP contribution >= 0.6 is 140 Å². The predicted molar refractivity (Wildman–Crippen MR) is 359 cm³/mol. The highest BCUT2D eigenvalue weighted by atomic mass is 35.5. The summed E-state index contributed by atoms with van der Waals surface area (Å²) in [6.45, 7) is 3.15. The lowest BCUT2D eigenvalue weighted by atomic mass is 9.97. The minimum Gasteiger partial charge on any atom is -0.387 e. The van der Waals surface area contributed by atoms with Crippen molar-refractivity contribution in [3.05, 3.63) is 57.5 Å². The van der Waals surface area contributed by atoms with E-state index >= 15 is 0 Å². The number of phosphoric acid groups is 9. The van der Waals surface area contributed by atoms with E-state index < -0.39 is 193 Å². The Labute approximate surface area is 627 Å². The number of aliphatic hydroxyl groups excluding tert-OH is 3. The van der Waals surface area contributed by atoms with Crippen LogP contribution in [-0.2, 0) is 94.7 Å². The highest BCUT2D eigenvalue weighted by Crippen LogP contribution is 2.70. The van der Waals surface area contributed by atoms with Gasteiger partial charge >= 0.3 is 70.4 Å². The van der Waals surface area contributed by atoms with Gasteiger partial charge in [-0.3, -0.25) is 42.3 Å². The summed E-state index contributed by atoms with van der Waals surface area (Å²) < 4.78 is 174. The molecule has 51 nitrogen and oxygen atoms in total. The Morgan fingerprint density at radius 2 is 0.870 bits per heavy atom. The number of phosphoric ester groups is 3. The molecule has 0 spiro atoms. The van der Waals surface area contributed by atoms with Crippen LogP contribution in [0.25, 0.3) is 33.2 Å². The van der Waals surface area contributed by atoms with Crippen LogP contribution in [0.4, 0.5) is 22.2 Å². The van der Waals surface area contributed by atoms with E-state index in [0.29, 0.717) is 0 Å². The van der Waals surface area contributed by atoms with Gasteiger partial charge in [0.05, 0.1) is 36.2 Å². The number of halogens is 7. The first-order valence-electron chi connectivity index (χ1n) is 27.5. The molecule has 0 radical (unpaired) electrons. The number of fused-ring (bicyclic) bond motifs is 3. The number of rotatable bonds is 24. The molecule has 108 heavy (non-hydrogen) atoms. The average Bonchev–Trinajstić information content (AvgIpc) is 1.62. The lowest BCUT2D eigenvalue weighted by Crippen LogP contribution is -2.43. The van der Waals surface area contributed by atoms with Gasteiger partial charge in [-0.15, -0.1) is 0 Å². The third-order valence-corrected chi connectivity index (χ3v) is 27.3. The number of aliphatic hydroxyl groups is 3. The highest BCUT2D eigenvalue weighted by Gasteiger charge is 2.62. The third-order valence-electron chi connectivity index (χ3n) is 13.8. The Morgan fingerprint density at radius 1 is 0.519 bits per heavy atom. The number of hydrogen-bond acceptors (Lipinski definition) is 34. The SMILES string of the molecule is C[C@@H](OP(=O)(O)OP(=O)(O)OP(=O)(O)O)[C@H]1O[C@@H](n2cc(F)c3c(=O)[nH]c(N)nc32)C(Cl)(C#CCl)[C@H]1O.C[C@@H](OP(=O)(O)OP(=O)(O)OP(=O)(O)O)[C@H]1O[C@@H](n2ccc3c(=O)[nH]c(N)nc32)C(Cl)(C#CCl)[C@H]1O.C[C@@H](OP(=O)(O)OP(=O)(O)OP(=O)(O)O)[C@H]1O[C@@H](n2cnc3cnc(N)nc32)C(Cl)(C#CCl)[C@H]1O. The lowest BCUT2D eigenvalue weighted by molar-refractivity contribution is -0.0729. The first-order valence-corrected chi connectivity index (χ1v) is 43.3. The van der Waals surface area contributed by atoms with Crippen LogP contribution in [0.1, 0.15) is 39.5 Å². The second kappa shape index (κ2) is 33.5. The number of hydrogen-bond donors (Lipinski definition) is 20. The maximum absolute atomic E-state index is 14.6. The fourth-order valence-electron chi connectivity index (χ4n) is 9.93. The zero-order chi connectivity index (χ0) is 81.8. The van der Waals surface area contributed by atoms with E-state index in [1.54, 1.807) is 0 Å². The van der Waals surface area contributed by atoms with Crippen LogP contribution in [0.5, 0.6) is 0 Å². The van der Waals surface area contributed by atoms with Gasteiger partial charge in [0.15, 0.2) is 56.1 Å². The second-order valence-corrected chi connectivity index (χ2v) is 37.0. The molecule has 21 atom stereocenters. The molecular formula is C41H49Cl6FN13O38P9.